The fraction of sp³-hybridized carbons (Fsp3) is 0.583. The normalized spacial score (nSPS) is 16.4. The number of carbonyl (C=O) groups is 1. The summed E-state index contributed by atoms with van der Waals surface area (Å²) in [5.74, 6) is 1.71. The molecule has 1 fully saturated rings. The molecule has 2 heterocycles. The largest absolute Gasteiger partial charge is 0.383 e. The number of carbonyl (C=O) groups excluding carboxylic acids is 1. The van der Waals surface area contributed by atoms with Gasteiger partial charge in [-0.05, 0) is 34.7 Å². The fourth-order valence-corrected chi connectivity index (χ4v) is 2.58. The maximum absolute atomic E-state index is 10.9. The van der Waals surface area contributed by atoms with Gasteiger partial charge in [0.2, 0.25) is 11.9 Å². The number of hydrogen-bond donors (Lipinski definition) is 2. The van der Waals surface area contributed by atoms with Crippen molar-refractivity contribution in [2.24, 2.45) is 5.92 Å². The molecular weight excluding hydrogens is 310 g/mol. The van der Waals surface area contributed by atoms with Crippen molar-refractivity contribution in [3.05, 3.63) is 10.7 Å². The van der Waals surface area contributed by atoms with Gasteiger partial charge >= 0.3 is 0 Å². The second-order valence-electron chi connectivity index (χ2n) is 4.78. The monoisotopic (exact) mass is 327 g/mol. The van der Waals surface area contributed by atoms with Gasteiger partial charge in [0.05, 0.1) is 0 Å². The second kappa shape index (κ2) is 6.18. The molecule has 1 aliphatic heterocycles. The molecule has 1 aromatic heterocycles. The van der Waals surface area contributed by atoms with E-state index in [0.29, 0.717) is 22.3 Å². The zero-order valence-electron chi connectivity index (χ0n) is 10.9. The zero-order valence-corrected chi connectivity index (χ0v) is 12.5. The van der Waals surface area contributed by atoms with Crippen LogP contribution in [0.3, 0.4) is 0 Å². The van der Waals surface area contributed by atoms with Crippen LogP contribution >= 0.6 is 15.9 Å². The predicted octanol–water partition coefficient (Wildman–Crippen LogP) is 1.17. The molecule has 1 aliphatic rings. The zero-order chi connectivity index (χ0) is 13.8. The lowest BCUT2D eigenvalue weighted by atomic mass is 9.97. The third-order valence-corrected chi connectivity index (χ3v) is 3.65. The molecule has 0 radical (unpaired) electrons. The molecular formula is C12H18BrN5O. The fourth-order valence-electron chi connectivity index (χ4n) is 2.19. The van der Waals surface area contributed by atoms with Crippen molar-refractivity contribution in [3.8, 4) is 0 Å². The number of nitrogens with zero attached hydrogens (tertiary/aromatic N) is 3. The minimum absolute atomic E-state index is 0.0329. The minimum atomic E-state index is 0.0329. The number of halogens is 1. The highest BCUT2D eigenvalue weighted by atomic mass is 79.9. The molecule has 0 unspecified atom stereocenters. The summed E-state index contributed by atoms with van der Waals surface area (Å²) < 4.78 is 0.704. The molecule has 19 heavy (non-hydrogen) atoms. The Balaban J connectivity index is 1.90. The lowest BCUT2D eigenvalue weighted by molar-refractivity contribution is -0.119. The van der Waals surface area contributed by atoms with Crippen LogP contribution in [0, 0.1) is 5.92 Å². The van der Waals surface area contributed by atoms with E-state index in [4.69, 9.17) is 5.73 Å². The minimum Gasteiger partial charge on any atom is -0.383 e. The van der Waals surface area contributed by atoms with Crippen LogP contribution in [0.1, 0.15) is 19.8 Å². The molecule has 104 valence electrons. The second-order valence-corrected chi connectivity index (χ2v) is 5.60. The predicted molar refractivity (Wildman–Crippen MR) is 77.8 cm³/mol. The summed E-state index contributed by atoms with van der Waals surface area (Å²) in [6.45, 7) is 4.08. The van der Waals surface area contributed by atoms with E-state index in [2.05, 4.69) is 36.1 Å². The first-order valence-corrected chi connectivity index (χ1v) is 7.13. The molecule has 0 aliphatic carbocycles. The summed E-state index contributed by atoms with van der Waals surface area (Å²) in [4.78, 5) is 21.6. The third kappa shape index (κ3) is 4.05. The van der Waals surface area contributed by atoms with Gasteiger partial charge in [-0.3, -0.25) is 4.79 Å². The van der Waals surface area contributed by atoms with Crippen LogP contribution < -0.4 is 16.0 Å². The lowest BCUT2D eigenvalue weighted by Gasteiger charge is -2.32. The molecule has 0 spiro atoms. The van der Waals surface area contributed by atoms with Crippen molar-refractivity contribution in [2.75, 3.05) is 30.3 Å². The van der Waals surface area contributed by atoms with Crippen molar-refractivity contribution in [1.82, 2.24) is 15.3 Å². The summed E-state index contributed by atoms with van der Waals surface area (Å²) in [7, 11) is 0. The van der Waals surface area contributed by atoms with Crippen LogP contribution in [0.5, 0.6) is 0 Å². The van der Waals surface area contributed by atoms with E-state index in [0.717, 1.165) is 32.5 Å². The van der Waals surface area contributed by atoms with Crippen LogP contribution in [-0.4, -0.2) is 35.5 Å². The van der Waals surface area contributed by atoms with E-state index in [1.165, 1.54) is 0 Å². The Kier molecular flexibility index (Phi) is 4.57. The number of rotatable bonds is 3. The van der Waals surface area contributed by atoms with Gasteiger partial charge in [0.1, 0.15) is 10.4 Å². The smallest absolute Gasteiger partial charge is 0.228 e. The molecule has 7 heteroatoms. The van der Waals surface area contributed by atoms with Gasteiger partial charge in [-0.25, -0.2) is 4.98 Å². The highest BCUT2D eigenvalue weighted by molar-refractivity contribution is 9.10. The number of hydrogen-bond acceptors (Lipinski definition) is 5. The average molecular weight is 328 g/mol. The van der Waals surface area contributed by atoms with Gasteiger partial charge in [-0.1, -0.05) is 0 Å². The maximum atomic E-state index is 10.9. The Morgan fingerprint density at radius 1 is 1.53 bits per heavy atom. The summed E-state index contributed by atoms with van der Waals surface area (Å²) in [6.07, 6.45) is 2.05. The van der Waals surface area contributed by atoms with Gasteiger partial charge in [-0.2, -0.15) is 4.98 Å². The van der Waals surface area contributed by atoms with E-state index < -0.39 is 0 Å². The van der Waals surface area contributed by atoms with E-state index >= 15 is 0 Å². The average Bonchev–Trinajstić information content (AvgIpc) is 2.36. The topological polar surface area (TPSA) is 84.1 Å². The number of nitrogens with one attached hydrogen (secondary N) is 1. The molecule has 1 amide bonds. The highest BCUT2D eigenvalue weighted by Crippen LogP contribution is 2.22. The van der Waals surface area contributed by atoms with E-state index in [1.54, 1.807) is 13.0 Å². The summed E-state index contributed by atoms with van der Waals surface area (Å²) in [6, 6.07) is 1.69. The Hall–Kier alpha value is -1.37. The molecule has 0 saturated carbocycles. The quantitative estimate of drug-likeness (QED) is 0.814. The van der Waals surface area contributed by atoms with Crippen LogP contribution in [-0.2, 0) is 4.79 Å². The first kappa shape index (κ1) is 14.0. The van der Waals surface area contributed by atoms with Crippen LogP contribution in [0.2, 0.25) is 0 Å². The standard InChI is InChI=1S/C12H18BrN5O/c1-8(19)15-7-9-2-4-18(5-3-9)12-16-10(13)6-11(14)17-12/h6,9H,2-5,7H2,1H3,(H,15,19)(H2,14,16,17). The maximum Gasteiger partial charge on any atom is 0.228 e. The van der Waals surface area contributed by atoms with Gasteiger partial charge in [0.15, 0.2) is 0 Å². The highest BCUT2D eigenvalue weighted by Gasteiger charge is 2.21. The lowest BCUT2D eigenvalue weighted by Crippen LogP contribution is -2.39. The Morgan fingerprint density at radius 2 is 2.21 bits per heavy atom. The van der Waals surface area contributed by atoms with Gasteiger partial charge < -0.3 is 16.0 Å². The molecule has 6 nitrogen and oxygen atoms in total. The number of nitrogens with two attached hydrogens (primary N) is 1. The summed E-state index contributed by atoms with van der Waals surface area (Å²) >= 11 is 3.33. The van der Waals surface area contributed by atoms with Crippen molar-refractivity contribution >= 4 is 33.6 Å². The molecule has 3 N–H and O–H groups in total. The number of anilines is 2. The van der Waals surface area contributed by atoms with Gasteiger partial charge in [0, 0.05) is 32.6 Å². The van der Waals surface area contributed by atoms with Crippen LogP contribution in [0.4, 0.5) is 11.8 Å². The number of aromatic nitrogens is 2. The number of nitrogen functional groups attached to an aromatic ring is 1. The summed E-state index contributed by atoms with van der Waals surface area (Å²) in [5, 5.41) is 2.87. The molecule has 1 saturated heterocycles. The van der Waals surface area contributed by atoms with Crippen molar-refractivity contribution in [3.63, 3.8) is 0 Å². The Labute approximate surface area is 120 Å². The first-order valence-electron chi connectivity index (χ1n) is 6.34. The molecule has 0 aromatic carbocycles. The molecule has 1 aromatic rings. The number of amides is 1. The third-order valence-electron chi connectivity index (χ3n) is 3.24. The van der Waals surface area contributed by atoms with Gasteiger partial charge in [-0.15, -0.1) is 0 Å². The van der Waals surface area contributed by atoms with Crippen LogP contribution in [0.25, 0.3) is 0 Å². The van der Waals surface area contributed by atoms with Gasteiger partial charge in [0.25, 0.3) is 0 Å². The van der Waals surface area contributed by atoms with Crippen LogP contribution in [0.15, 0.2) is 10.7 Å². The molecule has 0 atom stereocenters. The SMILES string of the molecule is CC(=O)NCC1CCN(c2nc(N)cc(Br)n2)CC1. The Bertz CT molecular complexity index is 439. The number of piperidine rings is 1. The van der Waals surface area contributed by atoms with Crippen molar-refractivity contribution in [2.45, 2.75) is 19.8 Å². The Morgan fingerprint density at radius 3 is 2.79 bits per heavy atom. The van der Waals surface area contributed by atoms with E-state index in [1.807, 2.05) is 0 Å². The molecule has 2 rings (SSSR count). The first-order chi connectivity index (χ1) is 9.04. The van der Waals surface area contributed by atoms with E-state index in [9.17, 15) is 4.79 Å². The van der Waals surface area contributed by atoms with E-state index in [-0.39, 0.29) is 5.91 Å². The van der Waals surface area contributed by atoms with Crippen molar-refractivity contribution < 1.29 is 4.79 Å². The van der Waals surface area contributed by atoms with Crippen molar-refractivity contribution in [1.29, 1.82) is 0 Å². The molecule has 0 bridgehead atoms. The summed E-state index contributed by atoms with van der Waals surface area (Å²) in [5.41, 5.74) is 5.72.